The van der Waals surface area contributed by atoms with Gasteiger partial charge in [0.05, 0.1) is 19.8 Å². The van der Waals surface area contributed by atoms with Crippen molar-refractivity contribution in [3.8, 4) is 0 Å². The standard InChI is InChI=1S/C19H13Br.C9H15Br6O4P/c20-12-19-16-8-4-2-6-14(16)11-18-15-7-3-1-5-13(15)9-10-17(18)19;10-1-7(13)4-17-20(16,18-5-8(14)2-11)19-6-9(15)3-12/h1-11H,12H2;7-9H,1-6H2. The van der Waals surface area contributed by atoms with Gasteiger partial charge in [0.1, 0.15) is 0 Å². The predicted octanol–water partition coefficient (Wildman–Crippen LogP) is 11.7. The molecule has 12 heteroatoms. The zero-order valence-electron chi connectivity index (χ0n) is 21.3. The lowest BCUT2D eigenvalue weighted by molar-refractivity contribution is 0.118. The molecule has 4 aromatic rings. The number of hydrogen-bond acceptors (Lipinski definition) is 4. The zero-order valence-corrected chi connectivity index (χ0v) is 33.3. The van der Waals surface area contributed by atoms with E-state index >= 15 is 0 Å². The van der Waals surface area contributed by atoms with Gasteiger partial charge in [0, 0.05) is 35.8 Å². The van der Waals surface area contributed by atoms with Gasteiger partial charge < -0.3 is 0 Å². The molecule has 0 amide bonds. The minimum Gasteiger partial charge on any atom is -0.286 e. The third-order valence-corrected chi connectivity index (χ3v) is 14.4. The molecule has 0 saturated carbocycles. The van der Waals surface area contributed by atoms with E-state index in [4.69, 9.17) is 13.6 Å². The maximum absolute atomic E-state index is 12.5. The van der Waals surface area contributed by atoms with E-state index in [1.807, 2.05) is 0 Å². The Morgan fingerprint density at radius 2 is 1.05 bits per heavy atom. The molecular weight excluding hydrogens is 991 g/mol. The number of alkyl halides is 7. The van der Waals surface area contributed by atoms with Gasteiger partial charge in [-0.05, 0) is 43.9 Å². The van der Waals surface area contributed by atoms with Gasteiger partial charge >= 0.3 is 7.82 Å². The molecule has 0 N–H and O–H groups in total. The highest BCUT2D eigenvalue weighted by Crippen LogP contribution is 2.50. The van der Waals surface area contributed by atoms with E-state index in [9.17, 15) is 4.57 Å². The summed E-state index contributed by atoms with van der Waals surface area (Å²) in [6.45, 7) is 0.682. The Hall–Kier alpha value is 1.13. The van der Waals surface area contributed by atoms with Crippen LogP contribution in [0.25, 0.3) is 32.3 Å². The third kappa shape index (κ3) is 10.4. The minimum absolute atomic E-state index is 0.0370. The fourth-order valence-electron chi connectivity index (χ4n) is 3.82. The maximum atomic E-state index is 12.5. The number of phosphoric acid groups is 1. The second-order valence-electron chi connectivity index (χ2n) is 8.68. The predicted molar refractivity (Wildman–Crippen MR) is 197 cm³/mol. The van der Waals surface area contributed by atoms with Crippen molar-refractivity contribution in [1.29, 1.82) is 0 Å². The molecule has 3 atom stereocenters. The topological polar surface area (TPSA) is 44.8 Å². The highest BCUT2D eigenvalue weighted by molar-refractivity contribution is 9.12. The molecule has 0 saturated heterocycles. The molecule has 0 heterocycles. The van der Waals surface area contributed by atoms with Crippen LogP contribution < -0.4 is 0 Å². The number of phosphoric ester groups is 1. The lowest BCUT2D eigenvalue weighted by Crippen LogP contribution is -2.17. The molecule has 0 aliphatic carbocycles. The molecule has 40 heavy (non-hydrogen) atoms. The van der Waals surface area contributed by atoms with Crippen molar-refractivity contribution < 1.29 is 18.1 Å². The van der Waals surface area contributed by atoms with Gasteiger partial charge in [-0.2, -0.15) is 0 Å². The van der Waals surface area contributed by atoms with E-state index in [-0.39, 0.29) is 34.3 Å². The Morgan fingerprint density at radius 1 is 0.575 bits per heavy atom. The third-order valence-electron chi connectivity index (χ3n) is 5.76. The number of benzene rings is 4. The second kappa shape index (κ2) is 18.2. The van der Waals surface area contributed by atoms with E-state index in [1.54, 1.807) is 0 Å². The molecule has 0 bridgehead atoms. The summed E-state index contributed by atoms with van der Waals surface area (Å²) in [6.07, 6.45) is 0. The average Bonchev–Trinajstić information content (AvgIpc) is 3.00. The lowest BCUT2D eigenvalue weighted by Gasteiger charge is -2.21. The molecule has 0 fully saturated rings. The molecular formula is C28H28Br7O4P. The summed E-state index contributed by atoms with van der Waals surface area (Å²) < 4.78 is 28.5. The number of hydrogen-bond donors (Lipinski definition) is 0. The van der Waals surface area contributed by atoms with Crippen LogP contribution in [-0.4, -0.2) is 50.3 Å². The van der Waals surface area contributed by atoms with Gasteiger partial charge in [0.25, 0.3) is 0 Å². The summed E-state index contributed by atoms with van der Waals surface area (Å²) in [4.78, 5) is 0.111. The highest BCUT2D eigenvalue weighted by Gasteiger charge is 2.29. The van der Waals surface area contributed by atoms with Gasteiger partial charge in [0.15, 0.2) is 0 Å². The Balaban J connectivity index is 0.000000220. The summed E-state index contributed by atoms with van der Waals surface area (Å²) >= 11 is 23.7. The van der Waals surface area contributed by atoms with Crippen LogP contribution in [0.1, 0.15) is 5.56 Å². The second-order valence-corrected chi connectivity index (χ2v) is 16.7. The highest BCUT2D eigenvalue weighted by atomic mass is 79.9. The molecule has 0 spiro atoms. The monoisotopic (exact) mass is 1010 g/mol. The number of rotatable bonds is 13. The van der Waals surface area contributed by atoms with E-state index in [1.165, 1.54) is 37.9 Å². The van der Waals surface area contributed by atoms with Crippen LogP contribution in [0.4, 0.5) is 0 Å². The van der Waals surface area contributed by atoms with E-state index in [2.05, 4.69) is 178 Å². The summed E-state index contributed by atoms with van der Waals surface area (Å²) in [5.74, 6) is 0. The van der Waals surface area contributed by atoms with Crippen LogP contribution >= 0.6 is 119 Å². The molecule has 0 radical (unpaired) electrons. The fraction of sp³-hybridized carbons (Fsp3) is 0.357. The van der Waals surface area contributed by atoms with Crippen LogP contribution in [0, 0.1) is 0 Å². The Kier molecular flexibility index (Phi) is 16.2. The number of halogens is 7. The first-order valence-corrected chi connectivity index (χ1v) is 21.0. The summed E-state index contributed by atoms with van der Waals surface area (Å²) in [6, 6.07) is 24.0. The molecule has 218 valence electrons. The summed E-state index contributed by atoms with van der Waals surface area (Å²) in [7, 11) is -3.57. The molecule has 4 rings (SSSR count). The molecule has 0 aromatic heterocycles. The first-order valence-electron chi connectivity index (χ1n) is 12.3. The van der Waals surface area contributed by atoms with Crippen molar-refractivity contribution in [2.24, 2.45) is 0 Å². The van der Waals surface area contributed by atoms with Crippen molar-refractivity contribution in [2.45, 2.75) is 19.8 Å². The van der Waals surface area contributed by atoms with Crippen molar-refractivity contribution in [3.63, 3.8) is 0 Å². The van der Waals surface area contributed by atoms with Gasteiger partial charge in [-0.15, -0.1) is 0 Å². The minimum atomic E-state index is -3.57. The Labute approximate surface area is 294 Å². The first-order chi connectivity index (χ1) is 19.2. The zero-order chi connectivity index (χ0) is 29.1. The SMILES string of the molecule is BrCc1c2ccccc2cc2c1ccc1ccccc12.O=P(OCC(Br)CBr)(OCC(Br)CBr)OCC(Br)CBr. The van der Waals surface area contributed by atoms with Gasteiger partial charge in [-0.25, -0.2) is 4.57 Å². The van der Waals surface area contributed by atoms with Crippen LogP contribution in [0.2, 0.25) is 0 Å². The molecule has 4 aromatic carbocycles. The van der Waals surface area contributed by atoms with Crippen molar-refractivity contribution in [2.75, 3.05) is 35.8 Å². The molecule has 4 nitrogen and oxygen atoms in total. The maximum Gasteiger partial charge on any atom is 0.474 e. The smallest absolute Gasteiger partial charge is 0.286 e. The molecule has 0 aliphatic heterocycles. The first kappa shape index (κ1) is 35.6. The van der Waals surface area contributed by atoms with Crippen LogP contribution in [0.3, 0.4) is 0 Å². The van der Waals surface area contributed by atoms with Crippen LogP contribution in [0.5, 0.6) is 0 Å². The molecule has 0 aliphatic rings. The Morgan fingerprint density at radius 3 is 1.55 bits per heavy atom. The van der Waals surface area contributed by atoms with Gasteiger partial charge in [0.2, 0.25) is 0 Å². The van der Waals surface area contributed by atoms with Crippen molar-refractivity contribution in [1.82, 2.24) is 0 Å². The van der Waals surface area contributed by atoms with Crippen LogP contribution in [0.15, 0.2) is 66.7 Å². The molecule has 3 unspecified atom stereocenters. The average molecular weight is 1020 g/mol. The summed E-state index contributed by atoms with van der Waals surface area (Å²) in [5.41, 5.74) is 1.38. The summed E-state index contributed by atoms with van der Waals surface area (Å²) in [5, 5.41) is 10.9. The van der Waals surface area contributed by atoms with Crippen molar-refractivity contribution in [3.05, 3.63) is 72.3 Å². The van der Waals surface area contributed by atoms with E-state index in [0.717, 1.165) is 5.33 Å². The van der Waals surface area contributed by atoms with Gasteiger partial charge in [-0.3, -0.25) is 13.6 Å². The lowest BCUT2D eigenvalue weighted by atomic mass is 9.94. The normalized spacial score (nSPS) is 15.4. The Bertz CT molecular complexity index is 1380. The fourth-order valence-corrected chi connectivity index (χ4v) is 7.30. The quantitative estimate of drug-likeness (QED) is 0.0579. The van der Waals surface area contributed by atoms with Gasteiger partial charge in [-0.1, -0.05) is 172 Å². The van der Waals surface area contributed by atoms with Crippen molar-refractivity contribution >= 4 is 152 Å². The van der Waals surface area contributed by atoms with E-state index < -0.39 is 7.82 Å². The van der Waals surface area contributed by atoms with Crippen LogP contribution in [-0.2, 0) is 23.5 Å². The van der Waals surface area contributed by atoms with E-state index in [0.29, 0.717) is 16.0 Å². The largest absolute Gasteiger partial charge is 0.474 e. The number of fused-ring (bicyclic) bond motifs is 4.